The van der Waals surface area contributed by atoms with Gasteiger partial charge in [-0.1, -0.05) is 0 Å². The maximum absolute atomic E-state index is 10.5. The van der Waals surface area contributed by atoms with Crippen LogP contribution in [-0.4, -0.2) is 36.5 Å². The van der Waals surface area contributed by atoms with Crippen molar-refractivity contribution in [3.8, 4) is 0 Å². The Bertz CT molecular complexity index is 509. The zero-order valence-corrected chi connectivity index (χ0v) is 7.80. The number of rotatable bonds is 1. The van der Waals surface area contributed by atoms with E-state index in [2.05, 4.69) is 15.4 Å². The molecule has 0 spiro atoms. The second kappa shape index (κ2) is 5.24. The number of aromatic amines is 3. The molecule has 0 saturated heterocycles. The summed E-state index contributed by atoms with van der Waals surface area (Å²) in [4.78, 5) is 34.9. The van der Waals surface area contributed by atoms with E-state index in [1.807, 2.05) is 9.97 Å². The summed E-state index contributed by atoms with van der Waals surface area (Å²) in [7, 11) is 0. The number of H-pyrrole nitrogens is 3. The Morgan fingerprint density at radius 1 is 1.19 bits per heavy atom. The van der Waals surface area contributed by atoms with Crippen LogP contribution >= 0.6 is 0 Å². The lowest BCUT2D eigenvalue weighted by Gasteiger charge is -1.89. The normalized spacial score (nSPS) is 9.00. The van der Waals surface area contributed by atoms with Gasteiger partial charge in [0, 0.05) is 6.07 Å². The van der Waals surface area contributed by atoms with E-state index < -0.39 is 22.9 Å². The molecule has 84 valence electrons. The number of nitrogens with zero attached hydrogens (tertiary/aromatic N) is 2. The lowest BCUT2D eigenvalue weighted by molar-refractivity contribution is 0.0689. The fourth-order valence-corrected chi connectivity index (χ4v) is 0.751. The highest BCUT2D eigenvalue weighted by molar-refractivity contribution is 5.84. The number of carboxylic acids is 1. The summed E-state index contributed by atoms with van der Waals surface area (Å²) in [6.45, 7) is 0. The summed E-state index contributed by atoms with van der Waals surface area (Å²) in [6.07, 6.45) is 3.17. The Labute approximate surface area is 87.2 Å². The average molecular weight is 225 g/mol. The molecule has 0 fully saturated rings. The Morgan fingerprint density at radius 2 is 1.81 bits per heavy atom. The second-order valence-corrected chi connectivity index (χ2v) is 2.46. The minimum Gasteiger partial charge on any atom is -0.477 e. The van der Waals surface area contributed by atoms with E-state index in [9.17, 15) is 14.4 Å². The van der Waals surface area contributed by atoms with Gasteiger partial charge in [-0.25, -0.2) is 9.59 Å². The van der Waals surface area contributed by atoms with Gasteiger partial charge in [-0.2, -0.15) is 15.4 Å². The third-order valence-electron chi connectivity index (χ3n) is 1.32. The van der Waals surface area contributed by atoms with Crippen molar-refractivity contribution in [2.75, 3.05) is 0 Å². The first-order valence-corrected chi connectivity index (χ1v) is 3.96. The zero-order valence-electron chi connectivity index (χ0n) is 7.80. The van der Waals surface area contributed by atoms with Gasteiger partial charge in [-0.3, -0.25) is 9.78 Å². The number of hydrogen-bond donors (Lipinski definition) is 4. The summed E-state index contributed by atoms with van der Waals surface area (Å²) in [5.74, 6) is -1.34. The molecule has 0 atom stereocenters. The highest BCUT2D eigenvalue weighted by atomic mass is 16.4. The number of carbonyl (C=O) groups is 1. The van der Waals surface area contributed by atoms with Crippen molar-refractivity contribution >= 4 is 5.97 Å². The van der Waals surface area contributed by atoms with E-state index in [1.54, 1.807) is 12.4 Å². The molecule has 0 radical (unpaired) electrons. The summed E-state index contributed by atoms with van der Waals surface area (Å²) in [5, 5.41) is 17.6. The molecule has 0 saturated carbocycles. The first-order chi connectivity index (χ1) is 7.59. The molecule has 9 heteroatoms. The summed E-state index contributed by atoms with van der Waals surface area (Å²) >= 11 is 0. The smallest absolute Gasteiger partial charge is 0.352 e. The topological polar surface area (TPSA) is 145 Å². The maximum atomic E-state index is 10.5. The molecule has 16 heavy (non-hydrogen) atoms. The summed E-state index contributed by atoms with van der Waals surface area (Å²) < 4.78 is 0. The van der Waals surface area contributed by atoms with Gasteiger partial charge in [0.1, 0.15) is 5.69 Å². The van der Waals surface area contributed by atoms with Crippen LogP contribution in [0.2, 0.25) is 0 Å². The molecule has 2 aromatic rings. The van der Waals surface area contributed by atoms with E-state index in [-0.39, 0.29) is 0 Å². The van der Waals surface area contributed by atoms with Crippen molar-refractivity contribution in [2.45, 2.75) is 0 Å². The Kier molecular flexibility index (Phi) is 3.72. The number of nitrogens with one attached hydrogen (secondary N) is 3. The lowest BCUT2D eigenvalue weighted by Crippen LogP contribution is -2.24. The van der Waals surface area contributed by atoms with Gasteiger partial charge in [0.15, 0.2) is 0 Å². The summed E-state index contributed by atoms with van der Waals surface area (Å²) in [6, 6.07) is 0.795. The molecule has 0 aliphatic heterocycles. The minimum atomic E-state index is -1.34. The van der Waals surface area contributed by atoms with Crippen LogP contribution in [0.25, 0.3) is 0 Å². The third kappa shape index (κ3) is 3.57. The van der Waals surface area contributed by atoms with Crippen molar-refractivity contribution in [1.29, 1.82) is 0 Å². The number of carboxylic acid groups (broad SMARTS) is 1. The van der Waals surface area contributed by atoms with Crippen LogP contribution < -0.4 is 11.2 Å². The molecule has 4 N–H and O–H groups in total. The Morgan fingerprint density at radius 3 is 2.19 bits per heavy atom. The number of aromatic nitrogens is 5. The molecule has 9 nitrogen and oxygen atoms in total. The predicted octanol–water partition coefficient (Wildman–Crippen LogP) is -1.43. The molecule has 0 aromatic carbocycles. The number of hydrogen-bond acceptors (Lipinski definition) is 5. The standard InChI is InChI=1S/C5H4N2O4.C2H3N3/c8-3-1-2(4(9)10)6-5(11)7-3;1-2-4-5-3-1/h1H,(H,9,10)(H2,6,7,8,11);1-2H,(H,3,4,5). The lowest BCUT2D eigenvalue weighted by atomic mass is 10.4. The Hall–Kier alpha value is -2.71. The highest BCUT2D eigenvalue weighted by Crippen LogP contribution is 1.81. The highest BCUT2D eigenvalue weighted by Gasteiger charge is 2.03. The predicted molar refractivity (Wildman–Crippen MR) is 51.0 cm³/mol. The first-order valence-electron chi connectivity index (χ1n) is 3.96. The summed E-state index contributed by atoms with van der Waals surface area (Å²) in [5.41, 5.74) is -1.97. The molecule has 0 aliphatic rings. The quantitative estimate of drug-likeness (QED) is 0.468. The molecule has 0 amide bonds. The SMILES string of the molecule is O=C(O)c1cc(=O)[nH]c(=O)[nH]1.c1cn[nH]n1. The minimum absolute atomic E-state index is 0.418. The van der Waals surface area contributed by atoms with Gasteiger partial charge in [-0.15, -0.1) is 0 Å². The van der Waals surface area contributed by atoms with Crippen molar-refractivity contribution in [3.05, 3.63) is 45.0 Å². The van der Waals surface area contributed by atoms with Gasteiger partial charge >= 0.3 is 11.7 Å². The first kappa shape index (κ1) is 11.4. The van der Waals surface area contributed by atoms with Crippen LogP contribution in [0.15, 0.2) is 28.0 Å². The van der Waals surface area contributed by atoms with Crippen molar-refractivity contribution < 1.29 is 9.90 Å². The molecule has 0 unspecified atom stereocenters. The van der Waals surface area contributed by atoms with Crippen LogP contribution in [0, 0.1) is 0 Å². The molecule has 2 heterocycles. The van der Waals surface area contributed by atoms with Gasteiger partial charge in [-0.05, 0) is 0 Å². The molecule has 0 aliphatic carbocycles. The largest absolute Gasteiger partial charge is 0.477 e. The van der Waals surface area contributed by atoms with Crippen LogP contribution in [0.4, 0.5) is 0 Å². The molecule has 2 aromatic heterocycles. The second-order valence-electron chi connectivity index (χ2n) is 2.46. The molecular weight excluding hydrogens is 218 g/mol. The van der Waals surface area contributed by atoms with Gasteiger partial charge in [0.25, 0.3) is 5.56 Å². The monoisotopic (exact) mass is 225 g/mol. The van der Waals surface area contributed by atoms with Crippen LogP contribution in [0.5, 0.6) is 0 Å². The van der Waals surface area contributed by atoms with Gasteiger partial charge in [0.2, 0.25) is 0 Å². The van der Waals surface area contributed by atoms with Crippen molar-refractivity contribution in [1.82, 2.24) is 25.4 Å². The zero-order chi connectivity index (χ0) is 12.0. The van der Waals surface area contributed by atoms with Gasteiger partial charge < -0.3 is 10.1 Å². The van der Waals surface area contributed by atoms with E-state index in [0.717, 1.165) is 6.07 Å². The van der Waals surface area contributed by atoms with E-state index >= 15 is 0 Å². The Balaban J connectivity index is 0.000000212. The number of aromatic carboxylic acids is 1. The van der Waals surface area contributed by atoms with Crippen LogP contribution in [0.3, 0.4) is 0 Å². The molecule has 2 rings (SSSR count). The van der Waals surface area contributed by atoms with Crippen molar-refractivity contribution in [3.63, 3.8) is 0 Å². The van der Waals surface area contributed by atoms with Crippen LogP contribution in [-0.2, 0) is 0 Å². The average Bonchev–Trinajstić information content (AvgIpc) is 2.73. The molecule has 0 bridgehead atoms. The molecular formula is C7H7N5O4. The van der Waals surface area contributed by atoms with Crippen molar-refractivity contribution in [2.24, 2.45) is 0 Å². The van der Waals surface area contributed by atoms with E-state index in [1.165, 1.54) is 0 Å². The van der Waals surface area contributed by atoms with E-state index in [4.69, 9.17) is 5.11 Å². The fourth-order valence-electron chi connectivity index (χ4n) is 0.751. The maximum Gasteiger partial charge on any atom is 0.352 e. The van der Waals surface area contributed by atoms with E-state index in [0.29, 0.717) is 0 Å². The fraction of sp³-hybridized carbons (Fsp3) is 0. The van der Waals surface area contributed by atoms with Gasteiger partial charge in [0.05, 0.1) is 12.4 Å². The third-order valence-corrected chi connectivity index (χ3v) is 1.32. The van der Waals surface area contributed by atoms with Crippen LogP contribution in [0.1, 0.15) is 10.5 Å².